The van der Waals surface area contributed by atoms with Crippen LogP contribution in [-0.4, -0.2) is 20.2 Å². The van der Waals surface area contributed by atoms with E-state index in [0.29, 0.717) is 18.3 Å². The Kier molecular flexibility index (Phi) is 2.87. The summed E-state index contributed by atoms with van der Waals surface area (Å²) in [5, 5.41) is 0. The highest BCUT2D eigenvalue weighted by atomic mass is 28.4. The molecule has 90 valence electrons. The molecule has 1 fully saturated rings. The number of hydrogen-bond acceptors (Lipinski definition) is 2. The average molecular weight is 238 g/mol. The van der Waals surface area contributed by atoms with E-state index in [4.69, 9.17) is 4.43 Å². The first-order valence-corrected chi connectivity index (χ1v) is 9.64. The van der Waals surface area contributed by atoms with Crippen LogP contribution in [0.25, 0.3) is 0 Å². The van der Waals surface area contributed by atoms with E-state index in [1.165, 1.54) is 5.57 Å². The van der Waals surface area contributed by atoms with Crippen molar-refractivity contribution in [3.63, 3.8) is 0 Å². The Morgan fingerprint density at radius 3 is 2.69 bits per heavy atom. The number of carbonyl (C=O) groups excluding carboxylic acids is 1. The van der Waals surface area contributed by atoms with Crippen LogP contribution in [-0.2, 0) is 9.22 Å². The number of carbonyl (C=O) groups is 1. The Morgan fingerprint density at radius 2 is 2.06 bits per heavy atom. The van der Waals surface area contributed by atoms with E-state index in [2.05, 4.69) is 26.6 Å². The monoisotopic (exact) mass is 238 g/mol. The van der Waals surface area contributed by atoms with Crippen molar-refractivity contribution in [2.75, 3.05) is 0 Å². The lowest BCUT2D eigenvalue weighted by molar-refractivity contribution is -0.116. The van der Waals surface area contributed by atoms with Gasteiger partial charge in [0.1, 0.15) is 0 Å². The molecule has 0 amide bonds. The molecule has 3 heteroatoms. The number of fused-ring (bicyclic) bond motifs is 1. The average Bonchev–Trinajstić information content (AvgIpc) is 2.43. The molecule has 2 atom stereocenters. The molecule has 2 nitrogen and oxygen atoms in total. The highest BCUT2D eigenvalue weighted by molar-refractivity contribution is 6.69. The second kappa shape index (κ2) is 3.81. The van der Waals surface area contributed by atoms with Crippen LogP contribution in [0.4, 0.5) is 0 Å². The summed E-state index contributed by atoms with van der Waals surface area (Å²) in [6.45, 7) is 9.01. The third-order valence-corrected chi connectivity index (χ3v) is 4.83. The van der Waals surface area contributed by atoms with Crippen molar-refractivity contribution in [1.82, 2.24) is 0 Å². The third kappa shape index (κ3) is 2.16. The van der Waals surface area contributed by atoms with Gasteiger partial charge in [0, 0.05) is 11.8 Å². The van der Waals surface area contributed by atoms with E-state index in [-0.39, 0.29) is 5.41 Å². The van der Waals surface area contributed by atoms with Crippen LogP contribution in [0.2, 0.25) is 19.6 Å². The highest BCUT2D eigenvalue weighted by Gasteiger charge is 2.46. The number of rotatable bonds is 2. The fourth-order valence-electron chi connectivity index (χ4n) is 2.92. The van der Waals surface area contributed by atoms with Crippen LogP contribution in [0.1, 0.15) is 32.6 Å². The van der Waals surface area contributed by atoms with Crippen molar-refractivity contribution in [2.45, 2.75) is 58.4 Å². The Bertz CT molecular complexity index is 340. The van der Waals surface area contributed by atoms with E-state index >= 15 is 0 Å². The lowest BCUT2D eigenvalue weighted by Crippen LogP contribution is -2.40. The fraction of sp³-hybridized carbons (Fsp3) is 0.769. The zero-order valence-corrected chi connectivity index (χ0v) is 11.8. The lowest BCUT2D eigenvalue weighted by atomic mass is 9.74. The van der Waals surface area contributed by atoms with Gasteiger partial charge in [0.25, 0.3) is 0 Å². The van der Waals surface area contributed by atoms with Gasteiger partial charge < -0.3 is 4.43 Å². The molecule has 0 radical (unpaired) electrons. The van der Waals surface area contributed by atoms with E-state index < -0.39 is 8.32 Å². The highest BCUT2D eigenvalue weighted by Crippen LogP contribution is 2.50. The first-order valence-electron chi connectivity index (χ1n) is 6.23. The van der Waals surface area contributed by atoms with Gasteiger partial charge in [-0.15, -0.1) is 0 Å². The van der Waals surface area contributed by atoms with Crippen LogP contribution < -0.4 is 0 Å². The SMILES string of the molecule is C[C@]12CCC(=O)C=C1CC[C@@H]2O[Si](C)(C)C. The summed E-state index contributed by atoms with van der Waals surface area (Å²) >= 11 is 0. The van der Waals surface area contributed by atoms with Crippen molar-refractivity contribution in [3.05, 3.63) is 11.6 Å². The molecule has 0 unspecified atom stereocenters. The maximum Gasteiger partial charge on any atom is 0.184 e. The maximum absolute atomic E-state index is 11.4. The van der Waals surface area contributed by atoms with E-state index in [1.807, 2.05) is 6.08 Å². The smallest absolute Gasteiger partial charge is 0.184 e. The summed E-state index contributed by atoms with van der Waals surface area (Å²) in [5.74, 6) is 0.307. The van der Waals surface area contributed by atoms with Crippen LogP contribution in [0, 0.1) is 5.41 Å². The minimum absolute atomic E-state index is 0.147. The first kappa shape index (κ1) is 12.1. The molecule has 0 aromatic carbocycles. The van der Waals surface area contributed by atoms with Crippen molar-refractivity contribution < 1.29 is 9.22 Å². The third-order valence-electron chi connectivity index (χ3n) is 3.84. The summed E-state index contributed by atoms with van der Waals surface area (Å²) in [6.07, 6.45) is 6.06. The molecule has 0 aliphatic heterocycles. The minimum Gasteiger partial charge on any atom is -0.414 e. The minimum atomic E-state index is -1.47. The maximum atomic E-state index is 11.4. The van der Waals surface area contributed by atoms with Gasteiger partial charge in [0.05, 0.1) is 6.10 Å². The quantitative estimate of drug-likeness (QED) is 0.690. The summed E-state index contributed by atoms with van der Waals surface area (Å²) in [6, 6.07) is 0. The molecule has 16 heavy (non-hydrogen) atoms. The van der Waals surface area contributed by atoms with Gasteiger partial charge in [0.2, 0.25) is 0 Å². The second-order valence-corrected chi connectivity index (χ2v) is 10.8. The molecule has 0 N–H and O–H groups in total. The van der Waals surface area contributed by atoms with Crippen LogP contribution >= 0.6 is 0 Å². The predicted octanol–water partition coefficient (Wildman–Crippen LogP) is 3.30. The molecular formula is C13H22O2Si. The standard InChI is InChI=1S/C13H22O2Si/c1-13-8-7-11(14)9-10(13)5-6-12(13)15-16(2,3)4/h9,12H,5-8H2,1-4H3/t12-,13-/m0/s1. The van der Waals surface area contributed by atoms with Crippen LogP contribution in [0.15, 0.2) is 11.6 Å². The van der Waals surface area contributed by atoms with Gasteiger partial charge in [-0.1, -0.05) is 12.5 Å². The molecule has 0 saturated heterocycles. The van der Waals surface area contributed by atoms with Gasteiger partial charge in [-0.05, 0) is 45.0 Å². The molecule has 2 aliphatic carbocycles. The van der Waals surface area contributed by atoms with Crippen LogP contribution in [0.3, 0.4) is 0 Å². The molecular weight excluding hydrogens is 216 g/mol. The zero-order chi connectivity index (χ0) is 12.0. The molecule has 2 rings (SSSR count). The summed E-state index contributed by atoms with van der Waals surface area (Å²) in [5.41, 5.74) is 1.49. The zero-order valence-electron chi connectivity index (χ0n) is 10.8. The van der Waals surface area contributed by atoms with E-state index in [9.17, 15) is 4.79 Å². The summed E-state index contributed by atoms with van der Waals surface area (Å²) < 4.78 is 6.29. The largest absolute Gasteiger partial charge is 0.414 e. The molecule has 0 aromatic rings. The van der Waals surface area contributed by atoms with Crippen molar-refractivity contribution >= 4 is 14.1 Å². The predicted molar refractivity (Wildman–Crippen MR) is 67.9 cm³/mol. The van der Waals surface area contributed by atoms with Crippen LogP contribution in [0.5, 0.6) is 0 Å². The Labute approximate surface area is 99.2 Å². The first-order chi connectivity index (χ1) is 7.31. The van der Waals surface area contributed by atoms with Crippen molar-refractivity contribution in [2.24, 2.45) is 5.41 Å². The molecule has 1 saturated carbocycles. The summed E-state index contributed by atoms with van der Waals surface area (Å²) in [7, 11) is -1.47. The Hall–Kier alpha value is -0.413. The van der Waals surface area contributed by atoms with Crippen molar-refractivity contribution in [3.8, 4) is 0 Å². The lowest BCUT2D eigenvalue weighted by Gasteiger charge is -2.38. The molecule has 0 bridgehead atoms. The molecule has 0 heterocycles. The van der Waals surface area contributed by atoms with Crippen molar-refractivity contribution in [1.29, 1.82) is 0 Å². The molecule has 0 aromatic heterocycles. The number of hydrogen-bond donors (Lipinski definition) is 0. The van der Waals surface area contributed by atoms with Gasteiger partial charge >= 0.3 is 0 Å². The van der Waals surface area contributed by atoms with E-state index in [0.717, 1.165) is 19.3 Å². The van der Waals surface area contributed by atoms with Gasteiger partial charge in [0.15, 0.2) is 14.1 Å². The Balaban J connectivity index is 2.20. The van der Waals surface area contributed by atoms with Gasteiger partial charge in [-0.3, -0.25) is 4.79 Å². The van der Waals surface area contributed by atoms with Gasteiger partial charge in [-0.2, -0.15) is 0 Å². The summed E-state index contributed by atoms with van der Waals surface area (Å²) in [4.78, 5) is 11.4. The number of ketones is 1. The topological polar surface area (TPSA) is 26.3 Å². The second-order valence-electron chi connectivity index (χ2n) is 6.31. The molecule has 2 aliphatic rings. The number of allylic oxidation sites excluding steroid dienone is 1. The normalized spacial score (nSPS) is 34.9. The fourth-order valence-corrected chi connectivity index (χ4v) is 4.15. The van der Waals surface area contributed by atoms with Gasteiger partial charge in [-0.25, -0.2) is 0 Å². The van der Waals surface area contributed by atoms with E-state index in [1.54, 1.807) is 0 Å². The Morgan fingerprint density at radius 1 is 1.38 bits per heavy atom. The molecule has 0 spiro atoms.